The van der Waals surface area contributed by atoms with Crippen molar-refractivity contribution in [2.24, 2.45) is 0 Å². The molecule has 3 rings (SSSR count). The quantitative estimate of drug-likeness (QED) is 0.730. The number of hydrogen-bond acceptors (Lipinski definition) is 2. The fourth-order valence-electron chi connectivity index (χ4n) is 2.56. The van der Waals surface area contributed by atoms with Gasteiger partial charge < -0.3 is 15.0 Å². The molecular weight excluding hydrogens is 307 g/mol. The maximum absolute atomic E-state index is 12.8. The molecule has 4 nitrogen and oxygen atoms in total. The maximum Gasteiger partial charge on any atom is 0.257 e. The number of carbonyl (C=O) groups is 1. The largest absolute Gasteiger partial charge is 0.484 e. The van der Waals surface area contributed by atoms with Crippen LogP contribution in [0.3, 0.4) is 0 Å². The van der Waals surface area contributed by atoms with E-state index in [0.717, 1.165) is 17.6 Å². The van der Waals surface area contributed by atoms with Crippen LogP contribution in [0.5, 0.6) is 5.75 Å². The molecule has 2 N–H and O–H groups in total. The lowest BCUT2D eigenvalue weighted by Gasteiger charge is -2.07. The topological polar surface area (TPSA) is 54.1 Å². The van der Waals surface area contributed by atoms with Gasteiger partial charge in [0.05, 0.1) is 0 Å². The monoisotopic (exact) mass is 326 g/mol. The minimum atomic E-state index is -0.332. The Morgan fingerprint density at radius 1 is 1.17 bits per heavy atom. The van der Waals surface area contributed by atoms with Gasteiger partial charge in [-0.1, -0.05) is 6.07 Å². The highest BCUT2D eigenvalue weighted by Gasteiger charge is 2.04. The first-order valence-electron chi connectivity index (χ1n) is 7.83. The molecule has 0 bridgehead atoms. The molecule has 2 aromatic carbocycles. The number of H-pyrrole nitrogens is 1. The Morgan fingerprint density at radius 2 is 1.96 bits per heavy atom. The number of amides is 1. The first-order valence-corrected chi connectivity index (χ1v) is 7.83. The van der Waals surface area contributed by atoms with Crippen molar-refractivity contribution in [1.82, 2.24) is 10.3 Å². The Balaban J connectivity index is 1.44. The Labute approximate surface area is 139 Å². The van der Waals surface area contributed by atoms with E-state index in [1.807, 2.05) is 6.92 Å². The van der Waals surface area contributed by atoms with Crippen molar-refractivity contribution in [2.45, 2.75) is 13.3 Å². The summed E-state index contributed by atoms with van der Waals surface area (Å²) in [5.74, 6) is -0.0564. The van der Waals surface area contributed by atoms with E-state index in [1.165, 1.54) is 35.2 Å². The summed E-state index contributed by atoms with van der Waals surface area (Å²) in [5.41, 5.74) is 3.42. The number of nitrogens with one attached hydrogen (secondary N) is 2. The highest BCUT2D eigenvalue weighted by atomic mass is 19.1. The molecule has 0 spiro atoms. The molecule has 0 atom stereocenters. The number of aryl methyl sites for hydroxylation is 1. The molecular formula is C19H19FN2O2. The molecule has 0 aliphatic carbocycles. The van der Waals surface area contributed by atoms with Crippen LogP contribution in [0.25, 0.3) is 10.9 Å². The fraction of sp³-hybridized carbons (Fsp3) is 0.211. The Bertz CT molecular complexity index is 840. The standard InChI is InChI=1S/C19H19FN2O2/c1-13-10-15-11-14(2-7-18(15)22-13)8-9-21-19(23)12-24-17-5-3-16(20)4-6-17/h2-7,10-11,22H,8-9,12H2,1H3,(H,21,23). The average molecular weight is 326 g/mol. The number of fused-ring (bicyclic) bond motifs is 1. The lowest BCUT2D eigenvalue weighted by molar-refractivity contribution is -0.123. The summed E-state index contributed by atoms with van der Waals surface area (Å²) in [5, 5.41) is 4.00. The average Bonchev–Trinajstić information content (AvgIpc) is 2.93. The summed E-state index contributed by atoms with van der Waals surface area (Å²) in [4.78, 5) is 15.1. The van der Waals surface area contributed by atoms with Gasteiger partial charge in [0, 0.05) is 17.8 Å². The summed E-state index contributed by atoms with van der Waals surface area (Å²) in [6, 6.07) is 13.9. The zero-order valence-corrected chi connectivity index (χ0v) is 13.4. The molecule has 5 heteroatoms. The van der Waals surface area contributed by atoms with Crippen LogP contribution in [0, 0.1) is 12.7 Å². The van der Waals surface area contributed by atoms with E-state index in [1.54, 1.807) is 0 Å². The van der Waals surface area contributed by atoms with Crippen molar-refractivity contribution in [2.75, 3.05) is 13.2 Å². The molecule has 1 heterocycles. The molecule has 1 amide bonds. The third-order valence-electron chi connectivity index (χ3n) is 3.74. The molecule has 0 saturated carbocycles. The predicted molar refractivity (Wildman–Crippen MR) is 91.6 cm³/mol. The van der Waals surface area contributed by atoms with E-state index in [9.17, 15) is 9.18 Å². The predicted octanol–water partition coefficient (Wildman–Crippen LogP) is 3.35. The molecule has 0 fully saturated rings. The minimum absolute atomic E-state index is 0.0817. The van der Waals surface area contributed by atoms with Gasteiger partial charge in [-0.3, -0.25) is 4.79 Å². The van der Waals surface area contributed by atoms with Gasteiger partial charge in [-0.2, -0.15) is 0 Å². The first kappa shape index (κ1) is 16.1. The third-order valence-corrected chi connectivity index (χ3v) is 3.74. The smallest absolute Gasteiger partial charge is 0.257 e. The van der Waals surface area contributed by atoms with Crippen LogP contribution in [-0.2, 0) is 11.2 Å². The van der Waals surface area contributed by atoms with E-state index in [2.05, 4.69) is 34.6 Å². The van der Waals surface area contributed by atoms with Crippen molar-refractivity contribution >= 4 is 16.8 Å². The number of hydrogen-bond donors (Lipinski definition) is 2. The molecule has 3 aromatic rings. The number of aromatic nitrogens is 1. The molecule has 0 aliphatic rings. The van der Waals surface area contributed by atoms with Crippen LogP contribution in [0.15, 0.2) is 48.5 Å². The van der Waals surface area contributed by atoms with Crippen LogP contribution < -0.4 is 10.1 Å². The summed E-state index contributed by atoms with van der Waals surface area (Å²) in [7, 11) is 0. The molecule has 1 aromatic heterocycles. The lowest BCUT2D eigenvalue weighted by atomic mass is 10.1. The van der Waals surface area contributed by atoms with Crippen molar-refractivity contribution in [3.8, 4) is 5.75 Å². The summed E-state index contributed by atoms with van der Waals surface area (Å²) in [6.45, 7) is 2.49. The van der Waals surface area contributed by atoms with Crippen LogP contribution in [-0.4, -0.2) is 24.0 Å². The second-order valence-electron chi connectivity index (χ2n) is 5.72. The molecule has 124 valence electrons. The number of ether oxygens (including phenoxy) is 1. The van der Waals surface area contributed by atoms with Gasteiger partial charge in [-0.05, 0) is 66.8 Å². The van der Waals surface area contributed by atoms with E-state index in [4.69, 9.17) is 4.74 Å². The highest BCUT2D eigenvalue weighted by molar-refractivity contribution is 5.81. The maximum atomic E-state index is 12.8. The summed E-state index contributed by atoms with van der Waals surface area (Å²) >= 11 is 0. The Kier molecular flexibility index (Phi) is 4.79. The van der Waals surface area contributed by atoms with Gasteiger partial charge in [0.2, 0.25) is 0 Å². The second-order valence-corrected chi connectivity index (χ2v) is 5.72. The van der Waals surface area contributed by atoms with Crippen molar-refractivity contribution in [1.29, 1.82) is 0 Å². The van der Waals surface area contributed by atoms with Gasteiger partial charge >= 0.3 is 0 Å². The summed E-state index contributed by atoms with van der Waals surface area (Å²) in [6.07, 6.45) is 0.752. The highest BCUT2D eigenvalue weighted by Crippen LogP contribution is 2.17. The van der Waals surface area contributed by atoms with Gasteiger partial charge in [0.1, 0.15) is 11.6 Å². The molecule has 0 unspecified atom stereocenters. The van der Waals surface area contributed by atoms with E-state index in [0.29, 0.717) is 12.3 Å². The minimum Gasteiger partial charge on any atom is -0.484 e. The van der Waals surface area contributed by atoms with Gasteiger partial charge in [0.15, 0.2) is 6.61 Å². The molecule has 0 radical (unpaired) electrons. The number of carbonyl (C=O) groups excluding carboxylic acids is 1. The SMILES string of the molecule is Cc1cc2cc(CCNC(=O)COc3ccc(F)cc3)ccc2[nH]1. The van der Waals surface area contributed by atoms with Crippen molar-refractivity contribution in [3.05, 3.63) is 65.6 Å². The fourth-order valence-corrected chi connectivity index (χ4v) is 2.56. The Morgan fingerprint density at radius 3 is 2.75 bits per heavy atom. The van der Waals surface area contributed by atoms with E-state index >= 15 is 0 Å². The Hall–Kier alpha value is -2.82. The van der Waals surface area contributed by atoms with Crippen molar-refractivity contribution in [3.63, 3.8) is 0 Å². The van der Waals surface area contributed by atoms with E-state index in [-0.39, 0.29) is 18.3 Å². The van der Waals surface area contributed by atoms with Crippen LogP contribution in [0.2, 0.25) is 0 Å². The van der Waals surface area contributed by atoms with Gasteiger partial charge in [-0.25, -0.2) is 4.39 Å². The van der Waals surface area contributed by atoms with Crippen LogP contribution in [0.1, 0.15) is 11.3 Å². The summed E-state index contributed by atoms with van der Waals surface area (Å²) < 4.78 is 18.1. The zero-order valence-electron chi connectivity index (χ0n) is 13.4. The number of rotatable bonds is 6. The zero-order chi connectivity index (χ0) is 16.9. The normalized spacial score (nSPS) is 10.8. The lowest BCUT2D eigenvalue weighted by Crippen LogP contribution is -2.30. The van der Waals surface area contributed by atoms with Gasteiger partial charge in [-0.15, -0.1) is 0 Å². The second kappa shape index (κ2) is 7.17. The van der Waals surface area contributed by atoms with E-state index < -0.39 is 0 Å². The molecule has 24 heavy (non-hydrogen) atoms. The first-order chi connectivity index (χ1) is 11.6. The molecule has 0 aliphatic heterocycles. The van der Waals surface area contributed by atoms with Crippen LogP contribution in [0.4, 0.5) is 4.39 Å². The molecule has 0 saturated heterocycles. The third kappa shape index (κ3) is 4.13. The number of aromatic amines is 1. The number of halogens is 1. The van der Waals surface area contributed by atoms with Gasteiger partial charge in [0.25, 0.3) is 5.91 Å². The number of benzene rings is 2. The van der Waals surface area contributed by atoms with Crippen LogP contribution >= 0.6 is 0 Å². The van der Waals surface area contributed by atoms with Crippen molar-refractivity contribution < 1.29 is 13.9 Å².